The topological polar surface area (TPSA) is 58.6 Å². The number of benzene rings is 1. The fourth-order valence-corrected chi connectivity index (χ4v) is 3.85. The first-order chi connectivity index (χ1) is 13.3. The Hall–Kier alpha value is -2.09. The Morgan fingerprint density at radius 2 is 1.79 bits per heavy atom. The minimum Gasteiger partial charge on any atom is -0.367 e. The van der Waals surface area contributed by atoms with Crippen LogP contribution in [0.1, 0.15) is 43.2 Å². The fourth-order valence-electron chi connectivity index (χ4n) is 3.85. The van der Waals surface area contributed by atoms with Crippen LogP contribution >= 0.6 is 0 Å². The van der Waals surface area contributed by atoms with Crippen LogP contribution in [0, 0.1) is 5.92 Å². The van der Waals surface area contributed by atoms with Crippen LogP contribution in [0.4, 0.5) is 13.2 Å². The molecule has 1 aromatic rings. The van der Waals surface area contributed by atoms with Crippen LogP contribution in [0.3, 0.4) is 0 Å². The van der Waals surface area contributed by atoms with Gasteiger partial charge in [-0.1, -0.05) is 37.1 Å². The van der Waals surface area contributed by atoms with E-state index in [0.29, 0.717) is 18.7 Å². The molecule has 28 heavy (non-hydrogen) atoms. The average molecular weight is 398 g/mol. The number of halogens is 3. The lowest BCUT2D eigenvalue weighted by atomic mass is 10.1. The van der Waals surface area contributed by atoms with Crippen LogP contribution < -0.4 is 5.32 Å². The number of alkyl halides is 3. The van der Waals surface area contributed by atoms with Crippen LogP contribution in [-0.4, -0.2) is 42.1 Å². The molecule has 8 heteroatoms. The number of likely N-dealkylation sites (tertiary alicyclic amines) is 1. The van der Waals surface area contributed by atoms with Crippen molar-refractivity contribution in [2.24, 2.45) is 5.92 Å². The molecule has 1 N–H and O–H groups in total. The molecule has 2 aliphatic rings. The molecule has 2 amide bonds. The van der Waals surface area contributed by atoms with Crippen molar-refractivity contribution >= 4 is 11.8 Å². The number of rotatable bonds is 7. The van der Waals surface area contributed by atoms with Crippen LogP contribution in [0.2, 0.25) is 0 Å². The SMILES string of the molecule is O=C(NCc1ccc(COCC(F)(F)F)cc1)C1CC(=O)N(C2CCCC2)C1. The van der Waals surface area contributed by atoms with Crippen LogP contribution in [0.25, 0.3) is 0 Å². The molecule has 1 unspecified atom stereocenters. The molecule has 5 nitrogen and oxygen atoms in total. The minimum atomic E-state index is -4.33. The molecule has 1 saturated heterocycles. The van der Waals surface area contributed by atoms with Gasteiger partial charge in [0.25, 0.3) is 0 Å². The summed E-state index contributed by atoms with van der Waals surface area (Å²) in [5, 5.41) is 2.86. The smallest absolute Gasteiger partial charge is 0.367 e. The van der Waals surface area contributed by atoms with E-state index in [9.17, 15) is 22.8 Å². The van der Waals surface area contributed by atoms with E-state index < -0.39 is 12.8 Å². The van der Waals surface area contributed by atoms with Gasteiger partial charge in [-0.3, -0.25) is 9.59 Å². The minimum absolute atomic E-state index is 0.0651. The van der Waals surface area contributed by atoms with Gasteiger partial charge >= 0.3 is 6.18 Å². The molecule has 0 aromatic heterocycles. The zero-order chi connectivity index (χ0) is 20.1. The van der Waals surface area contributed by atoms with Gasteiger partial charge in [0.2, 0.25) is 11.8 Å². The van der Waals surface area contributed by atoms with Gasteiger partial charge in [0, 0.05) is 25.6 Å². The summed E-state index contributed by atoms with van der Waals surface area (Å²) in [6, 6.07) is 7.14. The predicted octanol–water partition coefficient (Wildman–Crippen LogP) is 3.17. The molecule has 2 fully saturated rings. The predicted molar refractivity (Wildman–Crippen MR) is 96.1 cm³/mol. The van der Waals surface area contributed by atoms with E-state index in [1.54, 1.807) is 24.3 Å². The second-order valence-corrected chi connectivity index (χ2v) is 7.53. The lowest BCUT2D eigenvalue weighted by Gasteiger charge is -2.23. The van der Waals surface area contributed by atoms with Crippen molar-refractivity contribution in [1.29, 1.82) is 0 Å². The zero-order valence-corrected chi connectivity index (χ0v) is 15.6. The van der Waals surface area contributed by atoms with Gasteiger partial charge in [0.1, 0.15) is 6.61 Å². The highest BCUT2D eigenvalue weighted by Crippen LogP contribution is 2.29. The quantitative estimate of drug-likeness (QED) is 0.768. The number of amides is 2. The number of hydrogen-bond donors (Lipinski definition) is 1. The molecule has 1 heterocycles. The Balaban J connectivity index is 1.42. The summed E-state index contributed by atoms with van der Waals surface area (Å²) >= 11 is 0. The first kappa shape index (κ1) is 20.6. The normalized spacial score (nSPS) is 20.8. The molecule has 1 aliphatic heterocycles. The summed E-state index contributed by atoms with van der Waals surface area (Å²) in [5.41, 5.74) is 1.47. The van der Waals surface area contributed by atoms with Crippen molar-refractivity contribution in [3.8, 4) is 0 Å². The van der Waals surface area contributed by atoms with Crippen molar-refractivity contribution in [2.75, 3.05) is 13.2 Å². The van der Waals surface area contributed by atoms with Crippen molar-refractivity contribution in [1.82, 2.24) is 10.2 Å². The maximum atomic E-state index is 12.4. The molecular weight excluding hydrogens is 373 g/mol. The highest BCUT2D eigenvalue weighted by molar-refractivity contribution is 5.89. The Morgan fingerprint density at radius 1 is 1.14 bits per heavy atom. The maximum absolute atomic E-state index is 12.4. The van der Waals surface area contributed by atoms with E-state index in [2.05, 4.69) is 10.1 Å². The molecule has 1 saturated carbocycles. The second kappa shape index (κ2) is 8.94. The molecule has 0 bridgehead atoms. The number of ether oxygens (including phenoxy) is 1. The largest absolute Gasteiger partial charge is 0.411 e. The Kier molecular flexibility index (Phi) is 6.59. The molecule has 1 aromatic carbocycles. The van der Waals surface area contributed by atoms with E-state index in [0.717, 1.165) is 31.2 Å². The summed E-state index contributed by atoms with van der Waals surface area (Å²) in [5.74, 6) is -0.384. The Morgan fingerprint density at radius 3 is 2.43 bits per heavy atom. The summed E-state index contributed by atoms with van der Waals surface area (Å²) in [7, 11) is 0. The number of carbonyl (C=O) groups excluding carboxylic acids is 2. The first-order valence-electron chi connectivity index (χ1n) is 9.61. The third-order valence-electron chi connectivity index (χ3n) is 5.32. The fraction of sp³-hybridized carbons (Fsp3) is 0.600. The van der Waals surface area contributed by atoms with E-state index in [-0.39, 0.29) is 36.8 Å². The average Bonchev–Trinajstić information content (AvgIpc) is 3.29. The van der Waals surface area contributed by atoms with Crippen LogP contribution in [-0.2, 0) is 27.5 Å². The monoisotopic (exact) mass is 398 g/mol. The molecule has 1 aliphatic carbocycles. The lowest BCUT2D eigenvalue weighted by Crippen LogP contribution is -2.36. The van der Waals surface area contributed by atoms with Crippen molar-refractivity contribution < 1.29 is 27.5 Å². The van der Waals surface area contributed by atoms with Gasteiger partial charge in [-0.2, -0.15) is 13.2 Å². The van der Waals surface area contributed by atoms with Gasteiger partial charge in [-0.15, -0.1) is 0 Å². The Labute approximate surface area is 162 Å². The molecular formula is C20H25F3N2O3. The second-order valence-electron chi connectivity index (χ2n) is 7.53. The molecule has 3 rings (SSSR count). The summed E-state index contributed by atoms with van der Waals surface area (Å²) in [6.07, 6.45) is 0.264. The molecule has 1 atom stereocenters. The molecule has 154 valence electrons. The third kappa shape index (κ3) is 5.70. The number of nitrogens with one attached hydrogen (secondary N) is 1. The Bertz CT molecular complexity index is 685. The summed E-state index contributed by atoms with van der Waals surface area (Å²) in [4.78, 5) is 26.5. The van der Waals surface area contributed by atoms with Gasteiger partial charge in [-0.05, 0) is 24.0 Å². The lowest BCUT2D eigenvalue weighted by molar-refractivity contribution is -0.176. The number of hydrogen-bond acceptors (Lipinski definition) is 3. The van der Waals surface area contributed by atoms with Crippen LogP contribution in [0.5, 0.6) is 0 Å². The highest BCUT2D eigenvalue weighted by Gasteiger charge is 2.38. The van der Waals surface area contributed by atoms with Gasteiger partial charge in [0.15, 0.2) is 0 Å². The van der Waals surface area contributed by atoms with E-state index >= 15 is 0 Å². The number of carbonyl (C=O) groups is 2. The van der Waals surface area contributed by atoms with E-state index in [4.69, 9.17) is 0 Å². The highest BCUT2D eigenvalue weighted by atomic mass is 19.4. The van der Waals surface area contributed by atoms with Gasteiger partial charge in [0.05, 0.1) is 12.5 Å². The van der Waals surface area contributed by atoms with Crippen molar-refractivity contribution in [2.45, 2.75) is 57.5 Å². The van der Waals surface area contributed by atoms with Crippen molar-refractivity contribution in [3.63, 3.8) is 0 Å². The van der Waals surface area contributed by atoms with Crippen LogP contribution in [0.15, 0.2) is 24.3 Å². The van der Waals surface area contributed by atoms with E-state index in [1.165, 1.54) is 0 Å². The molecule has 0 radical (unpaired) electrons. The molecule has 0 spiro atoms. The summed E-state index contributed by atoms with van der Waals surface area (Å²) < 4.78 is 40.8. The third-order valence-corrected chi connectivity index (χ3v) is 5.32. The number of nitrogens with zero attached hydrogens (tertiary/aromatic N) is 1. The summed E-state index contributed by atoms with van der Waals surface area (Å²) in [6.45, 7) is -0.586. The van der Waals surface area contributed by atoms with Gasteiger partial charge < -0.3 is 15.0 Å². The van der Waals surface area contributed by atoms with Crippen molar-refractivity contribution in [3.05, 3.63) is 35.4 Å². The van der Waals surface area contributed by atoms with E-state index in [1.807, 2.05) is 4.90 Å². The maximum Gasteiger partial charge on any atom is 0.411 e. The standard InChI is InChI=1S/C20H25F3N2O3/c21-20(22,23)13-28-12-15-7-5-14(6-8-15)10-24-19(27)16-9-18(26)25(11-16)17-3-1-2-4-17/h5-8,16-17H,1-4,9-13H2,(H,24,27). The first-order valence-corrected chi connectivity index (χ1v) is 9.61. The van der Waals surface area contributed by atoms with Gasteiger partial charge in [-0.25, -0.2) is 0 Å². The zero-order valence-electron chi connectivity index (χ0n) is 15.6.